The van der Waals surface area contributed by atoms with Crippen LogP contribution in [0.2, 0.25) is 0 Å². The number of carbonyl (C=O) groups excluding carboxylic acids is 1. The van der Waals surface area contributed by atoms with Gasteiger partial charge in [0.05, 0.1) is 24.6 Å². The molecule has 0 saturated carbocycles. The number of benzene rings is 1. The average Bonchev–Trinajstić information content (AvgIpc) is 2.30. The number of hydrogen-bond donors (Lipinski definition) is 0. The molecule has 0 bridgehead atoms. The Hall–Kier alpha value is -2.11. The van der Waals surface area contributed by atoms with Gasteiger partial charge in [-0.15, -0.1) is 0 Å². The lowest BCUT2D eigenvalue weighted by molar-refractivity contribution is -0.385. The lowest BCUT2D eigenvalue weighted by atomic mass is 10.3. The summed E-state index contributed by atoms with van der Waals surface area (Å²) >= 11 is 0. The van der Waals surface area contributed by atoms with Crippen molar-refractivity contribution in [2.75, 3.05) is 13.2 Å². The minimum absolute atomic E-state index is 0.0592. The van der Waals surface area contributed by atoms with Crippen LogP contribution in [0.3, 0.4) is 0 Å². The second-order valence-electron chi connectivity index (χ2n) is 3.13. The van der Waals surface area contributed by atoms with Crippen LogP contribution < -0.4 is 4.74 Å². The molecule has 0 aliphatic carbocycles. The Bertz CT molecular complexity index is 405. The lowest BCUT2D eigenvalue weighted by Gasteiger charge is -2.06. The number of nitro benzene ring substituents is 1. The maximum atomic E-state index is 11.0. The molecule has 92 valence electrons. The van der Waals surface area contributed by atoms with Crippen LogP contribution in [0.1, 0.15) is 13.3 Å². The first-order valence-electron chi connectivity index (χ1n) is 5.17. The normalized spacial score (nSPS) is 9.71. The van der Waals surface area contributed by atoms with Crippen molar-refractivity contribution >= 4 is 11.7 Å². The molecule has 0 saturated heterocycles. The Morgan fingerprint density at radius 2 is 2.12 bits per heavy atom. The third-order valence-corrected chi connectivity index (χ3v) is 1.93. The molecular formula is C11H13NO5. The molecule has 0 aliphatic rings. The molecule has 1 rings (SSSR count). The number of hydrogen-bond acceptors (Lipinski definition) is 5. The molecule has 0 aromatic heterocycles. The highest BCUT2D eigenvalue weighted by Crippen LogP contribution is 2.25. The third-order valence-electron chi connectivity index (χ3n) is 1.93. The quantitative estimate of drug-likeness (QED) is 0.430. The van der Waals surface area contributed by atoms with Crippen LogP contribution in [0.25, 0.3) is 0 Å². The van der Waals surface area contributed by atoms with Gasteiger partial charge in [-0.05, 0) is 13.0 Å². The van der Waals surface area contributed by atoms with Gasteiger partial charge in [0.2, 0.25) is 0 Å². The average molecular weight is 239 g/mol. The zero-order valence-corrected chi connectivity index (χ0v) is 9.42. The van der Waals surface area contributed by atoms with Gasteiger partial charge in [-0.2, -0.15) is 0 Å². The third kappa shape index (κ3) is 4.10. The molecule has 0 heterocycles. The van der Waals surface area contributed by atoms with Crippen LogP contribution in [-0.4, -0.2) is 24.1 Å². The van der Waals surface area contributed by atoms with Crippen LogP contribution in [0, 0.1) is 10.1 Å². The fourth-order valence-corrected chi connectivity index (χ4v) is 1.21. The Morgan fingerprint density at radius 1 is 1.41 bits per heavy atom. The molecule has 0 N–H and O–H groups in total. The van der Waals surface area contributed by atoms with Gasteiger partial charge >= 0.3 is 11.7 Å². The van der Waals surface area contributed by atoms with Crippen LogP contribution in [0.5, 0.6) is 5.75 Å². The van der Waals surface area contributed by atoms with Crippen molar-refractivity contribution in [2.24, 2.45) is 0 Å². The van der Waals surface area contributed by atoms with Gasteiger partial charge < -0.3 is 9.47 Å². The monoisotopic (exact) mass is 239 g/mol. The maximum Gasteiger partial charge on any atom is 0.310 e. The Balaban J connectivity index is 2.52. The van der Waals surface area contributed by atoms with Gasteiger partial charge in [-0.25, -0.2) is 0 Å². The summed E-state index contributed by atoms with van der Waals surface area (Å²) in [5, 5.41) is 10.7. The molecule has 0 radical (unpaired) electrons. The number of nitro groups is 1. The van der Waals surface area contributed by atoms with E-state index in [1.54, 1.807) is 19.1 Å². The summed E-state index contributed by atoms with van der Waals surface area (Å²) in [6.45, 7) is 2.08. The van der Waals surface area contributed by atoms with Crippen LogP contribution in [-0.2, 0) is 9.53 Å². The van der Waals surface area contributed by atoms with Gasteiger partial charge in [0.15, 0.2) is 5.75 Å². The highest BCUT2D eigenvalue weighted by atomic mass is 16.6. The van der Waals surface area contributed by atoms with E-state index < -0.39 is 4.92 Å². The van der Waals surface area contributed by atoms with Gasteiger partial charge in [-0.3, -0.25) is 14.9 Å². The molecular weight excluding hydrogens is 226 g/mol. The van der Waals surface area contributed by atoms with Crippen LogP contribution in [0.15, 0.2) is 24.3 Å². The van der Waals surface area contributed by atoms with Gasteiger partial charge in [0.25, 0.3) is 0 Å². The minimum atomic E-state index is -0.528. The second-order valence-corrected chi connectivity index (χ2v) is 3.13. The van der Waals surface area contributed by atoms with Crippen molar-refractivity contribution in [3.8, 4) is 5.75 Å². The highest BCUT2D eigenvalue weighted by molar-refractivity contribution is 5.69. The van der Waals surface area contributed by atoms with Crippen LogP contribution in [0.4, 0.5) is 5.69 Å². The summed E-state index contributed by atoms with van der Waals surface area (Å²) in [6.07, 6.45) is 0.0693. The van der Waals surface area contributed by atoms with Crippen molar-refractivity contribution in [1.82, 2.24) is 0 Å². The number of rotatable bonds is 6. The molecule has 0 spiro atoms. The predicted molar refractivity (Wildman–Crippen MR) is 59.8 cm³/mol. The van der Waals surface area contributed by atoms with Crippen molar-refractivity contribution in [1.29, 1.82) is 0 Å². The van der Waals surface area contributed by atoms with E-state index in [0.717, 1.165) is 0 Å². The van der Waals surface area contributed by atoms with Gasteiger partial charge in [-0.1, -0.05) is 12.1 Å². The Morgan fingerprint density at radius 3 is 2.76 bits per heavy atom. The molecule has 17 heavy (non-hydrogen) atoms. The summed E-state index contributed by atoms with van der Waals surface area (Å²) in [5.74, 6) is -0.229. The van der Waals surface area contributed by atoms with E-state index in [-0.39, 0.29) is 30.4 Å². The zero-order valence-electron chi connectivity index (χ0n) is 9.42. The van der Waals surface area contributed by atoms with E-state index in [0.29, 0.717) is 6.61 Å². The van der Waals surface area contributed by atoms with Gasteiger partial charge in [0, 0.05) is 6.07 Å². The lowest BCUT2D eigenvalue weighted by Crippen LogP contribution is -2.10. The number of ether oxygens (including phenoxy) is 2. The molecule has 0 aliphatic heterocycles. The van der Waals surface area contributed by atoms with E-state index in [9.17, 15) is 14.9 Å². The van der Waals surface area contributed by atoms with Gasteiger partial charge in [0.1, 0.15) is 0 Å². The summed E-state index contributed by atoms with van der Waals surface area (Å²) in [7, 11) is 0. The first-order chi connectivity index (χ1) is 8.15. The highest BCUT2D eigenvalue weighted by Gasteiger charge is 2.13. The number of para-hydroxylation sites is 2. The van der Waals surface area contributed by atoms with E-state index in [1.165, 1.54) is 12.1 Å². The SMILES string of the molecule is CCOC(=O)CCOc1ccccc1[N+](=O)[O-]. The Kier molecular flexibility index (Phi) is 4.93. The van der Waals surface area contributed by atoms with Crippen molar-refractivity contribution < 1.29 is 19.2 Å². The van der Waals surface area contributed by atoms with E-state index in [4.69, 9.17) is 9.47 Å². The molecule has 0 fully saturated rings. The summed E-state index contributed by atoms with van der Waals surface area (Å²) < 4.78 is 9.88. The molecule has 6 nitrogen and oxygen atoms in total. The van der Waals surface area contributed by atoms with E-state index in [1.807, 2.05) is 0 Å². The van der Waals surface area contributed by atoms with Crippen LogP contribution >= 0.6 is 0 Å². The fraction of sp³-hybridized carbons (Fsp3) is 0.364. The molecule has 6 heteroatoms. The first kappa shape index (κ1) is 13.0. The zero-order chi connectivity index (χ0) is 12.7. The number of nitrogens with zero attached hydrogens (tertiary/aromatic N) is 1. The van der Waals surface area contributed by atoms with Crippen molar-refractivity contribution in [2.45, 2.75) is 13.3 Å². The summed E-state index contributed by atoms with van der Waals surface area (Å²) in [6, 6.07) is 6.02. The molecule has 0 amide bonds. The number of carbonyl (C=O) groups is 1. The number of esters is 1. The first-order valence-corrected chi connectivity index (χ1v) is 5.17. The van der Waals surface area contributed by atoms with E-state index >= 15 is 0 Å². The summed E-state index contributed by atoms with van der Waals surface area (Å²) in [4.78, 5) is 21.1. The fourth-order valence-electron chi connectivity index (χ4n) is 1.21. The second kappa shape index (κ2) is 6.47. The largest absolute Gasteiger partial charge is 0.486 e. The molecule has 1 aromatic rings. The summed E-state index contributed by atoms with van der Waals surface area (Å²) in [5.41, 5.74) is -0.114. The smallest absolute Gasteiger partial charge is 0.310 e. The maximum absolute atomic E-state index is 11.0. The molecule has 0 atom stereocenters. The minimum Gasteiger partial charge on any atom is -0.486 e. The van der Waals surface area contributed by atoms with Crippen molar-refractivity contribution in [3.63, 3.8) is 0 Å². The predicted octanol–water partition coefficient (Wildman–Crippen LogP) is 1.93. The molecule has 1 aromatic carbocycles. The Labute approximate surface area is 98.3 Å². The van der Waals surface area contributed by atoms with E-state index in [2.05, 4.69) is 0 Å². The van der Waals surface area contributed by atoms with Crippen molar-refractivity contribution in [3.05, 3.63) is 34.4 Å². The topological polar surface area (TPSA) is 78.7 Å². The molecule has 0 unspecified atom stereocenters. The standard InChI is InChI=1S/C11H13NO5/c1-2-16-11(13)7-8-17-10-6-4-3-5-9(10)12(14)15/h3-6H,2,7-8H2,1H3.